The van der Waals surface area contributed by atoms with Gasteiger partial charge in [-0.05, 0) is 47.2 Å². The number of nitrogens with zero attached hydrogens (tertiary/aromatic N) is 1. The fraction of sp³-hybridized carbons (Fsp3) is 0.294. The molecular formula is C17H18N2O5S. The van der Waals surface area contributed by atoms with Gasteiger partial charge in [0.25, 0.3) is 0 Å². The molecule has 25 heavy (non-hydrogen) atoms. The first-order valence-corrected chi connectivity index (χ1v) is 8.95. The summed E-state index contributed by atoms with van der Waals surface area (Å²) in [4.78, 5) is 23.2. The van der Waals surface area contributed by atoms with Crippen LogP contribution < -0.4 is 11.1 Å². The monoisotopic (exact) mass is 362 g/mol. The van der Waals surface area contributed by atoms with Crippen LogP contribution in [0.5, 0.6) is 5.75 Å². The molecule has 3 rings (SSSR count). The Bertz CT molecular complexity index is 1030. The van der Waals surface area contributed by atoms with Crippen LogP contribution in [0, 0.1) is 5.92 Å². The SMILES string of the molecule is CC(CO)CCc1ccc2cc(O)c(-n3c(=O)c(=O)[nH][s+]3[O-])cc2c1. The minimum absolute atomic E-state index is 0.0232. The number of aliphatic hydroxyl groups excluding tert-OH is 1. The standard InChI is InChI=1S/C17H18N2O5S/c1-10(9-20)2-3-11-4-5-12-8-15(21)14(7-13(12)6-11)19-17(23)16(22)18-25(19)24/h4-8,10,20-21H,2-3,9H2,1H3,(H,18,22). The Morgan fingerprint density at radius 1 is 1.24 bits per heavy atom. The van der Waals surface area contributed by atoms with E-state index in [-0.39, 0.29) is 24.0 Å². The highest BCUT2D eigenvalue weighted by molar-refractivity contribution is 7.14. The zero-order chi connectivity index (χ0) is 18.1. The lowest BCUT2D eigenvalue weighted by atomic mass is 9.99. The molecule has 0 saturated heterocycles. The topological polar surface area (TPSA) is 118 Å². The minimum Gasteiger partial charge on any atom is -0.549 e. The second-order valence-electron chi connectivity index (χ2n) is 6.13. The molecule has 7 nitrogen and oxygen atoms in total. The number of aromatic amines is 1. The molecule has 2 unspecified atom stereocenters. The summed E-state index contributed by atoms with van der Waals surface area (Å²) in [6.45, 7) is 2.10. The molecule has 1 aromatic heterocycles. The summed E-state index contributed by atoms with van der Waals surface area (Å²) in [5, 5.41) is 20.8. The summed E-state index contributed by atoms with van der Waals surface area (Å²) in [5.41, 5.74) is -0.868. The molecule has 0 aliphatic rings. The van der Waals surface area contributed by atoms with Crippen molar-refractivity contribution in [3.63, 3.8) is 0 Å². The first-order chi connectivity index (χ1) is 11.9. The number of hydrogen-bond donors (Lipinski definition) is 3. The average Bonchev–Trinajstić information content (AvgIpc) is 2.84. The molecule has 3 aromatic rings. The van der Waals surface area contributed by atoms with E-state index in [1.165, 1.54) is 6.07 Å². The van der Waals surface area contributed by atoms with Crippen LogP contribution in [-0.2, 0) is 6.42 Å². The number of hydrogen-bond acceptors (Lipinski definition) is 5. The molecule has 3 N–H and O–H groups in total. The Balaban J connectivity index is 2.07. The molecule has 0 aliphatic carbocycles. The summed E-state index contributed by atoms with van der Waals surface area (Å²) >= 11 is -2.04. The number of fused-ring (bicyclic) bond motifs is 1. The van der Waals surface area contributed by atoms with Crippen molar-refractivity contribution in [3.05, 3.63) is 56.6 Å². The van der Waals surface area contributed by atoms with Gasteiger partial charge < -0.3 is 14.8 Å². The molecule has 8 heteroatoms. The maximum absolute atomic E-state index is 11.9. The van der Waals surface area contributed by atoms with Gasteiger partial charge in [0, 0.05) is 6.61 Å². The van der Waals surface area contributed by atoms with Crippen LogP contribution >= 0.6 is 11.1 Å². The summed E-state index contributed by atoms with van der Waals surface area (Å²) < 4.78 is 14.7. The van der Waals surface area contributed by atoms with E-state index in [0.29, 0.717) is 0 Å². The van der Waals surface area contributed by atoms with Gasteiger partial charge in [-0.2, -0.15) is 0 Å². The van der Waals surface area contributed by atoms with Crippen molar-refractivity contribution in [1.29, 1.82) is 0 Å². The highest BCUT2D eigenvalue weighted by atomic mass is 32.2. The van der Waals surface area contributed by atoms with E-state index in [4.69, 9.17) is 5.11 Å². The molecule has 1 heterocycles. The van der Waals surface area contributed by atoms with Gasteiger partial charge >= 0.3 is 11.1 Å². The first-order valence-electron chi connectivity index (χ1n) is 7.84. The molecule has 132 valence electrons. The van der Waals surface area contributed by atoms with Crippen LogP contribution in [0.1, 0.15) is 18.9 Å². The van der Waals surface area contributed by atoms with Gasteiger partial charge in [-0.3, -0.25) is 9.59 Å². The maximum Gasteiger partial charge on any atom is 0.368 e. The highest BCUT2D eigenvalue weighted by Gasteiger charge is 2.19. The van der Waals surface area contributed by atoms with Gasteiger partial charge in [0.15, 0.2) is 0 Å². The lowest BCUT2D eigenvalue weighted by molar-refractivity contribution is 0.230. The van der Waals surface area contributed by atoms with Crippen molar-refractivity contribution >= 4 is 21.9 Å². The number of aryl methyl sites for hydroxylation is 1. The maximum atomic E-state index is 11.9. The van der Waals surface area contributed by atoms with Crippen molar-refractivity contribution in [2.75, 3.05) is 6.61 Å². The van der Waals surface area contributed by atoms with E-state index in [2.05, 4.69) is 0 Å². The van der Waals surface area contributed by atoms with E-state index >= 15 is 0 Å². The zero-order valence-corrected chi connectivity index (χ0v) is 14.4. The predicted molar refractivity (Wildman–Crippen MR) is 95.1 cm³/mol. The smallest absolute Gasteiger partial charge is 0.368 e. The van der Waals surface area contributed by atoms with E-state index < -0.39 is 22.3 Å². The van der Waals surface area contributed by atoms with Crippen molar-refractivity contribution in [2.45, 2.75) is 19.8 Å². The Kier molecular flexibility index (Phi) is 4.76. The van der Waals surface area contributed by atoms with Crippen LogP contribution in [0.2, 0.25) is 0 Å². The minimum atomic E-state index is -2.04. The summed E-state index contributed by atoms with van der Waals surface area (Å²) in [7, 11) is 0. The quantitative estimate of drug-likeness (QED) is 0.471. The van der Waals surface area contributed by atoms with Gasteiger partial charge in [0.1, 0.15) is 22.6 Å². The number of phenolic OH excluding ortho intramolecular Hbond substituents is 1. The second-order valence-corrected chi connectivity index (χ2v) is 7.20. The molecular weight excluding hydrogens is 344 g/mol. The van der Waals surface area contributed by atoms with Crippen LogP contribution in [0.15, 0.2) is 39.9 Å². The number of nitrogens with one attached hydrogen (secondary N) is 1. The number of rotatable bonds is 5. The Labute approximate surface area is 145 Å². The molecule has 0 radical (unpaired) electrons. The number of aromatic hydroxyl groups is 1. The highest BCUT2D eigenvalue weighted by Crippen LogP contribution is 2.30. The Morgan fingerprint density at radius 2 is 2.00 bits per heavy atom. The second kappa shape index (κ2) is 6.83. The fourth-order valence-corrected chi connectivity index (χ4v) is 3.58. The molecule has 2 aromatic carbocycles. The van der Waals surface area contributed by atoms with E-state index in [1.54, 1.807) is 6.07 Å². The predicted octanol–water partition coefficient (Wildman–Crippen LogP) is 1.67. The van der Waals surface area contributed by atoms with Crippen LogP contribution in [-0.4, -0.2) is 29.7 Å². The van der Waals surface area contributed by atoms with Crippen molar-refractivity contribution < 1.29 is 14.8 Å². The van der Waals surface area contributed by atoms with Crippen LogP contribution in [0.3, 0.4) is 0 Å². The summed E-state index contributed by atoms with van der Waals surface area (Å²) in [6, 6.07) is 8.72. The number of H-pyrrole nitrogens is 1. The van der Waals surface area contributed by atoms with Gasteiger partial charge in [0.2, 0.25) is 0 Å². The number of benzene rings is 2. The van der Waals surface area contributed by atoms with Gasteiger partial charge in [-0.15, -0.1) is 4.37 Å². The lowest BCUT2D eigenvalue weighted by Gasteiger charge is -2.10. The summed E-state index contributed by atoms with van der Waals surface area (Å²) in [6.07, 6.45) is 1.61. The van der Waals surface area contributed by atoms with Crippen LogP contribution in [0.25, 0.3) is 16.5 Å². The Hall–Kier alpha value is -2.42. The van der Waals surface area contributed by atoms with Gasteiger partial charge in [-0.25, -0.2) is 0 Å². The number of aromatic nitrogens is 2. The Morgan fingerprint density at radius 3 is 2.64 bits per heavy atom. The summed E-state index contributed by atoms with van der Waals surface area (Å²) in [5.74, 6) is -0.0276. The van der Waals surface area contributed by atoms with E-state index in [1.807, 2.05) is 29.5 Å². The van der Waals surface area contributed by atoms with E-state index in [0.717, 1.165) is 33.1 Å². The van der Waals surface area contributed by atoms with Crippen molar-refractivity contribution in [1.82, 2.24) is 8.33 Å². The lowest BCUT2D eigenvalue weighted by Crippen LogP contribution is -2.26. The third kappa shape index (κ3) is 3.37. The largest absolute Gasteiger partial charge is 0.549 e. The van der Waals surface area contributed by atoms with Crippen molar-refractivity contribution in [2.24, 2.45) is 5.92 Å². The number of aliphatic hydroxyl groups is 1. The molecule has 0 amide bonds. The molecule has 2 atom stereocenters. The third-order valence-electron chi connectivity index (χ3n) is 4.18. The zero-order valence-electron chi connectivity index (χ0n) is 13.6. The van der Waals surface area contributed by atoms with Crippen molar-refractivity contribution in [3.8, 4) is 11.4 Å². The molecule has 0 saturated carbocycles. The molecule has 0 fully saturated rings. The fourth-order valence-electron chi connectivity index (χ4n) is 2.68. The van der Waals surface area contributed by atoms with Gasteiger partial charge in [0.05, 0.1) is 0 Å². The third-order valence-corrected chi connectivity index (χ3v) is 5.23. The molecule has 0 spiro atoms. The van der Waals surface area contributed by atoms with Gasteiger partial charge in [-0.1, -0.05) is 29.1 Å². The number of phenols is 1. The first kappa shape index (κ1) is 17.4. The normalized spacial score (nSPS) is 13.3. The average molecular weight is 362 g/mol. The van der Waals surface area contributed by atoms with E-state index in [9.17, 15) is 19.2 Å². The molecule has 0 bridgehead atoms. The molecule has 0 aliphatic heterocycles. The van der Waals surface area contributed by atoms with Crippen LogP contribution in [0.4, 0.5) is 0 Å².